The summed E-state index contributed by atoms with van der Waals surface area (Å²) in [5.41, 5.74) is 10.6. The predicted octanol–water partition coefficient (Wildman–Crippen LogP) is -0.452. The lowest BCUT2D eigenvalue weighted by atomic mass is 9.89. The average molecular weight is 229 g/mol. The van der Waals surface area contributed by atoms with Gasteiger partial charge < -0.3 is 16.2 Å². The van der Waals surface area contributed by atoms with E-state index < -0.39 is 0 Å². The highest BCUT2D eigenvalue weighted by Crippen LogP contribution is 2.29. The minimum Gasteiger partial charge on any atom is -0.376 e. The van der Waals surface area contributed by atoms with Gasteiger partial charge in [-0.05, 0) is 26.8 Å². The third-order valence-electron chi connectivity index (χ3n) is 3.27. The Bertz CT molecular complexity index is 247. The third-order valence-corrected chi connectivity index (χ3v) is 3.27. The molecular formula is C11H23N3O2. The van der Waals surface area contributed by atoms with Gasteiger partial charge in [0.15, 0.2) is 0 Å². The summed E-state index contributed by atoms with van der Waals surface area (Å²) in [6.07, 6.45) is 0.881. The molecule has 1 amide bonds. The van der Waals surface area contributed by atoms with Crippen LogP contribution in [0, 0.1) is 5.41 Å². The summed E-state index contributed by atoms with van der Waals surface area (Å²) >= 11 is 0. The van der Waals surface area contributed by atoms with Gasteiger partial charge in [-0.25, -0.2) is 0 Å². The van der Waals surface area contributed by atoms with E-state index in [-0.39, 0.29) is 17.4 Å². The molecule has 2 atom stereocenters. The van der Waals surface area contributed by atoms with E-state index in [1.807, 2.05) is 13.8 Å². The van der Waals surface area contributed by atoms with Crippen molar-refractivity contribution in [2.45, 2.75) is 26.4 Å². The lowest BCUT2D eigenvalue weighted by Gasteiger charge is -2.24. The summed E-state index contributed by atoms with van der Waals surface area (Å²) in [6, 6.07) is 0. The van der Waals surface area contributed by atoms with E-state index in [0.717, 1.165) is 19.5 Å². The molecule has 1 aliphatic rings. The SMILES string of the molecule is CCOC(CN)CN1CCC(C)(C(N)=O)C1. The van der Waals surface area contributed by atoms with Gasteiger partial charge in [0.1, 0.15) is 0 Å². The zero-order valence-corrected chi connectivity index (χ0v) is 10.2. The first-order valence-electron chi connectivity index (χ1n) is 5.85. The minimum absolute atomic E-state index is 0.0558. The van der Waals surface area contributed by atoms with Crippen LogP contribution in [0.25, 0.3) is 0 Å². The van der Waals surface area contributed by atoms with Crippen LogP contribution in [0.2, 0.25) is 0 Å². The number of nitrogens with zero attached hydrogens (tertiary/aromatic N) is 1. The molecule has 1 rings (SSSR count). The molecule has 1 heterocycles. The fraction of sp³-hybridized carbons (Fsp3) is 0.909. The van der Waals surface area contributed by atoms with Crippen LogP contribution in [-0.4, -0.2) is 49.7 Å². The zero-order chi connectivity index (χ0) is 12.2. The number of amides is 1. The van der Waals surface area contributed by atoms with Gasteiger partial charge in [-0.15, -0.1) is 0 Å². The van der Waals surface area contributed by atoms with Crippen molar-refractivity contribution in [2.75, 3.05) is 32.8 Å². The van der Waals surface area contributed by atoms with Gasteiger partial charge in [0.2, 0.25) is 5.91 Å². The van der Waals surface area contributed by atoms with Gasteiger partial charge in [0.25, 0.3) is 0 Å². The molecule has 0 aromatic carbocycles. The highest BCUT2D eigenvalue weighted by atomic mass is 16.5. The van der Waals surface area contributed by atoms with Crippen molar-refractivity contribution in [2.24, 2.45) is 16.9 Å². The Hall–Kier alpha value is -0.650. The lowest BCUT2D eigenvalue weighted by Crippen LogP contribution is -2.41. The number of primary amides is 1. The van der Waals surface area contributed by atoms with Gasteiger partial charge in [-0.1, -0.05) is 0 Å². The van der Waals surface area contributed by atoms with Crippen LogP contribution in [-0.2, 0) is 9.53 Å². The predicted molar refractivity (Wildman–Crippen MR) is 62.8 cm³/mol. The molecule has 0 saturated carbocycles. The Labute approximate surface area is 97.1 Å². The molecule has 4 N–H and O–H groups in total. The molecule has 0 radical (unpaired) electrons. The van der Waals surface area contributed by atoms with Crippen molar-refractivity contribution in [1.29, 1.82) is 0 Å². The molecule has 1 aliphatic heterocycles. The van der Waals surface area contributed by atoms with Crippen LogP contribution in [0.15, 0.2) is 0 Å². The fourth-order valence-corrected chi connectivity index (χ4v) is 2.13. The molecule has 5 heteroatoms. The zero-order valence-electron chi connectivity index (χ0n) is 10.2. The molecule has 0 aromatic rings. The van der Waals surface area contributed by atoms with Crippen LogP contribution in [0.5, 0.6) is 0 Å². The number of ether oxygens (including phenoxy) is 1. The molecule has 1 fully saturated rings. The van der Waals surface area contributed by atoms with Crippen molar-refractivity contribution in [1.82, 2.24) is 4.90 Å². The first-order valence-corrected chi connectivity index (χ1v) is 5.85. The number of carbonyl (C=O) groups is 1. The first-order chi connectivity index (χ1) is 7.51. The fourth-order valence-electron chi connectivity index (χ4n) is 2.13. The number of hydrogen-bond acceptors (Lipinski definition) is 4. The molecule has 1 saturated heterocycles. The van der Waals surface area contributed by atoms with Crippen molar-refractivity contribution < 1.29 is 9.53 Å². The van der Waals surface area contributed by atoms with E-state index in [2.05, 4.69) is 4.90 Å². The van der Waals surface area contributed by atoms with Crippen LogP contribution in [0.3, 0.4) is 0 Å². The van der Waals surface area contributed by atoms with E-state index in [9.17, 15) is 4.79 Å². The van der Waals surface area contributed by atoms with Crippen LogP contribution in [0.4, 0.5) is 0 Å². The summed E-state index contributed by atoms with van der Waals surface area (Å²) in [5, 5.41) is 0. The standard InChI is InChI=1S/C11H23N3O2/c1-3-16-9(6-12)7-14-5-4-11(2,8-14)10(13)15/h9H,3-8,12H2,1-2H3,(H2,13,15). The smallest absolute Gasteiger partial charge is 0.224 e. The minimum atomic E-state index is -0.384. The number of rotatable bonds is 6. The molecular weight excluding hydrogens is 206 g/mol. The number of nitrogens with two attached hydrogens (primary N) is 2. The first kappa shape index (κ1) is 13.4. The lowest BCUT2D eigenvalue weighted by molar-refractivity contribution is -0.126. The largest absolute Gasteiger partial charge is 0.376 e. The van der Waals surface area contributed by atoms with E-state index >= 15 is 0 Å². The van der Waals surface area contributed by atoms with Gasteiger partial charge in [0, 0.05) is 26.2 Å². The molecule has 2 unspecified atom stereocenters. The molecule has 0 aromatic heterocycles. The van der Waals surface area contributed by atoms with Crippen LogP contribution < -0.4 is 11.5 Å². The molecule has 16 heavy (non-hydrogen) atoms. The Morgan fingerprint density at radius 3 is 2.75 bits per heavy atom. The van der Waals surface area contributed by atoms with E-state index in [1.165, 1.54) is 0 Å². The van der Waals surface area contributed by atoms with Gasteiger partial charge in [-0.3, -0.25) is 9.69 Å². The maximum Gasteiger partial charge on any atom is 0.224 e. The van der Waals surface area contributed by atoms with E-state index in [0.29, 0.717) is 19.7 Å². The topological polar surface area (TPSA) is 81.6 Å². The molecule has 5 nitrogen and oxygen atoms in total. The van der Waals surface area contributed by atoms with E-state index in [4.69, 9.17) is 16.2 Å². The van der Waals surface area contributed by atoms with Gasteiger partial charge >= 0.3 is 0 Å². The molecule has 0 spiro atoms. The number of hydrogen-bond donors (Lipinski definition) is 2. The Morgan fingerprint density at radius 1 is 1.62 bits per heavy atom. The van der Waals surface area contributed by atoms with Crippen LogP contribution >= 0.6 is 0 Å². The Kier molecular flexibility index (Phi) is 4.70. The molecule has 0 aliphatic carbocycles. The van der Waals surface area contributed by atoms with Crippen LogP contribution in [0.1, 0.15) is 20.3 Å². The summed E-state index contributed by atoms with van der Waals surface area (Å²) < 4.78 is 5.50. The number of likely N-dealkylation sites (tertiary alicyclic amines) is 1. The summed E-state index contributed by atoms with van der Waals surface area (Å²) in [7, 11) is 0. The van der Waals surface area contributed by atoms with Crippen molar-refractivity contribution in [3.8, 4) is 0 Å². The molecule has 94 valence electrons. The second-order valence-corrected chi connectivity index (χ2v) is 4.72. The Morgan fingerprint density at radius 2 is 2.31 bits per heavy atom. The van der Waals surface area contributed by atoms with Gasteiger partial charge in [0.05, 0.1) is 11.5 Å². The Balaban J connectivity index is 2.44. The van der Waals surface area contributed by atoms with Crippen molar-refractivity contribution >= 4 is 5.91 Å². The van der Waals surface area contributed by atoms with Gasteiger partial charge in [-0.2, -0.15) is 0 Å². The van der Waals surface area contributed by atoms with Crippen molar-refractivity contribution in [3.05, 3.63) is 0 Å². The third kappa shape index (κ3) is 3.17. The summed E-state index contributed by atoms with van der Waals surface area (Å²) in [5.74, 6) is -0.212. The summed E-state index contributed by atoms with van der Waals surface area (Å²) in [6.45, 7) is 7.45. The highest BCUT2D eigenvalue weighted by molar-refractivity contribution is 5.81. The molecule has 0 bridgehead atoms. The maximum absolute atomic E-state index is 11.3. The second kappa shape index (κ2) is 5.61. The normalized spacial score (nSPS) is 28.2. The maximum atomic E-state index is 11.3. The summed E-state index contributed by atoms with van der Waals surface area (Å²) in [4.78, 5) is 13.5. The van der Waals surface area contributed by atoms with Crippen molar-refractivity contribution in [3.63, 3.8) is 0 Å². The second-order valence-electron chi connectivity index (χ2n) is 4.72. The number of carbonyl (C=O) groups excluding carboxylic acids is 1. The highest BCUT2D eigenvalue weighted by Gasteiger charge is 2.39. The quantitative estimate of drug-likeness (QED) is 0.646. The monoisotopic (exact) mass is 229 g/mol. The average Bonchev–Trinajstić information content (AvgIpc) is 2.61. The van der Waals surface area contributed by atoms with E-state index in [1.54, 1.807) is 0 Å².